The number of hydrogen-bond donors (Lipinski definition) is 2. The molecular formula is C13H14O4S2. The van der Waals surface area contributed by atoms with Crippen LogP contribution in [0.4, 0.5) is 0 Å². The van der Waals surface area contributed by atoms with E-state index in [2.05, 4.69) is 0 Å². The maximum absolute atomic E-state index is 9.93. The van der Waals surface area contributed by atoms with Gasteiger partial charge in [-0.1, -0.05) is 35.7 Å². The minimum absolute atomic E-state index is 0.153. The van der Waals surface area contributed by atoms with E-state index in [1.807, 2.05) is 24.3 Å². The van der Waals surface area contributed by atoms with Gasteiger partial charge in [0.15, 0.2) is 4.77 Å². The summed E-state index contributed by atoms with van der Waals surface area (Å²) in [5.74, 6) is 0. The summed E-state index contributed by atoms with van der Waals surface area (Å²) in [6.07, 6.45) is -2.89. The molecule has 1 fully saturated rings. The Hall–Kier alpha value is -0.240. The molecule has 2 radical (unpaired) electrons. The average molecular weight is 298 g/mol. The lowest BCUT2D eigenvalue weighted by atomic mass is 10.1. The second-order valence-electron chi connectivity index (χ2n) is 4.38. The zero-order valence-electron chi connectivity index (χ0n) is 10.0. The highest BCUT2D eigenvalue weighted by Gasteiger charge is 2.44. The third-order valence-electron chi connectivity index (χ3n) is 3.12. The summed E-state index contributed by atoms with van der Waals surface area (Å²) in [6.45, 7) is 5.40. The molecule has 0 aliphatic carbocycles. The van der Waals surface area contributed by atoms with Crippen LogP contribution in [0.25, 0.3) is 0 Å². The highest BCUT2D eigenvalue weighted by molar-refractivity contribution is 8.19. The molecule has 4 atom stereocenters. The van der Waals surface area contributed by atoms with Crippen molar-refractivity contribution in [3.05, 3.63) is 31.2 Å². The zero-order valence-corrected chi connectivity index (χ0v) is 11.6. The molecule has 102 valence electrons. The molecule has 0 saturated carbocycles. The topological polar surface area (TPSA) is 58.9 Å². The molecule has 2 aliphatic rings. The Balaban J connectivity index is 1.67. The average Bonchev–Trinajstić information content (AvgIpc) is 2.94. The van der Waals surface area contributed by atoms with Gasteiger partial charge in [-0.3, -0.25) is 0 Å². The van der Waals surface area contributed by atoms with Gasteiger partial charge in [-0.05, 0) is 19.1 Å². The van der Waals surface area contributed by atoms with Gasteiger partial charge in [-0.2, -0.15) is 0 Å². The van der Waals surface area contributed by atoms with Crippen LogP contribution in [0.1, 0.15) is 0 Å². The van der Waals surface area contributed by atoms with Crippen molar-refractivity contribution in [3.63, 3.8) is 0 Å². The smallest absolute Gasteiger partial charge is 0.159 e. The van der Waals surface area contributed by atoms with E-state index in [0.717, 1.165) is 9.79 Å². The summed E-state index contributed by atoms with van der Waals surface area (Å²) in [6, 6.07) is 8.03. The highest BCUT2D eigenvalue weighted by Crippen LogP contribution is 2.49. The van der Waals surface area contributed by atoms with Crippen molar-refractivity contribution in [2.75, 3.05) is 6.61 Å². The minimum Gasteiger partial charge on any atom is -0.394 e. The van der Waals surface area contributed by atoms with Crippen LogP contribution in [0, 0.1) is 6.92 Å². The Morgan fingerprint density at radius 1 is 1.26 bits per heavy atom. The van der Waals surface area contributed by atoms with E-state index < -0.39 is 24.4 Å². The number of rotatable bonds is 3. The molecule has 0 spiro atoms. The molecule has 2 heterocycles. The standard InChI is InChI=1S/C13H14O4S2/c1-7-11(15)12(8(6-14)16-7)17-13-18-9-4-2-3-5-10(9)19-13/h1-5,7-8,11-15H,6H2/t7-,8+,11?,12-/m0/s1. The molecule has 1 aromatic rings. The first kappa shape index (κ1) is 13.7. The van der Waals surface area contributed by atoms with Gasteiger partial charge in [-0.15, -0.1) is 0 Å². The lowest BCUT2D eigenvalue weighted by molar-refractivity contribution is -0.0445. The van der Waals surface area contributed by atoms with Crippen molar-refractivity contribution in [1.82, 2.24) is 0 Å². The molecule has 19 heavy (non-hydrogen) atoms. The molecule has 2 aliphatic heterocycles. The fourth-order valence-corrected chi connectivity index (χ4v) is 4.71. The number of aliphatic hydroxyl groups is 2. The van der Waals surface area contributed by atoms with Crippen molar-refractivity contribution >= 4 is 23.5 Å². The number of aliphatic hydroxyl groups excluding tert-OH is 2. The Bertz CT molecular complexity index is 431. The van der Waals surface area contributed by atoms with E-state index in [-0.39, 0.29) is 11.4 Å². The first-order valence-electron chi connectivity index (χ1n) is 5.97. The molecule has 2 N–H and O–H groups in total. The fraction of sp³-hybridized carbons (Fsp3) is 0.462. The summed E-state index contributed by atoms with van der Waals surface area (Å²) >= 11 is 3.18. The molecule has 3 rings (SSSR count). The van der Waals surface area contributed by atoms with E-state index in [4.69, 9.17) is 16.4 Å². The number of thioether (sulfide) groups is 2. The SMILES string of the molecule is [CH][C@@H]1O[C@H](CO)[C@H](OC2Sc3ccccc3S2)C1O. The molecule has 1 unspecified atom stereocenters. The van der Waals surface area contributed by atoms with E-state index in [1.165, 1.54) is 0 Å². The lowest BCUT2D eigenvalue weighted by Gasteiger charge is -2.22. The second kappa shape index (κ2) is 5.63. The van der Waals surface area contributed by atoms with E-state index >= 15 is 0 Å². The third-order valence-corrected chi connectivity index (χ3v) is 5.65. The lowest BCUT2D eigenvalue weighted by Crippen LogP contribution is -2.37. The predicted molar refractivity (Wildman–Crippen MR) is 72.9 cm³/mol. The summed E-state index contributed by atoms with van der Waals surface area (Å²) < 4.78 is 11.0. The summed E-state index contributed by atoms with van der Waals surface area (Å²) in [5, 5.41) is 19.2. The first-order valence-corrected chi connectivity index (χ1v) is 7.73. The van der Waals surface area contributed by atoms with Gasteiger partial charge in [0.1, 0.15) is 18.3 Å². The molecular weight excluding hydrogens is 284 g/mol. The minimum atomic E-state index is -0.915. The maximum atomic E-state index is 9.93. The number of fused-ring (bicyclic) bond motifs is 1. The molecule has 4 nitrogen and oxygen atoms in total. The Kier molecular flexibility index (Phi) is 4.07. The van der Waals surface area contributed by atoms with Crippen LogP contribution in [0.15, 0.2) is 34.1 Å². The normalized spacial score (nSPS) is 34.7. The monoisotopic (exact) mass is 298 g/mol. The molecule has 0 amide bonds. The van der Waals surface area contributed by atoms with Gasteiger partial charge in [0.25, 0.3) is 0 Å². The maximum Gasteiger partial charge on any atom is 0.159 e. The van der Waals surface area contributed by atoms with Gasteiger partial charge >= 0.3 is 0 Å². The quantitative estimate of drug-likeness (QED) is 0.879. The molecule has 0 bridgehead atoms. The van der Waals surface area contributed by atoms with Crippen LogP contribution in [-0.2, 0) is 9.47 Å². The van der Waals surface area contributed by atoms with Crippen molar-refractivity contribution in [2.45, 2.75) is 39.0 Å². The van der Waals surface area contributed by atoms with Crippen LogP contribution in [0.3, 0.4) is 0 Å². The van der Waals surface area contributed by atoms with Gasteiger partial charge < -0.3 is 19.7 Å². The van der Waals surface area contributed by atoms with Crippen LogP contribution < -0.4 is 0 Å². The van der Waals surface area contributed by atoms with Gasteiger partial charge in [0.2, 0.25) is 0 Å². The molecule has 6 heteroatoms. The van der Waals surface area contributed by atoms with Crippen LogP contribution >= 0.6 is 23.5 Å². The largest absolute Gasteiger partial charge is 0.394 e. The van der Waals surface area contributed by atoms with Crippen LogP contribution in [0.2, 0.25) is 0 Å². The Morgan fingerprint density at radius 2 is 1.89 bits per heavy atom. The molecule has 1 saturated heterocycles. The van der Waals surface area contributed by atoms with Gasteiger partial charge in [0.05, 0.1) is 12.7 Å². The van der Waals surface area contributed by atoms with Crippen LogP contribution in [0.5, 0.6) is 0 Å². The molecule has 1 aromatic carbocycles. The van der Waals surface area contributed by atoms with Crippen molar-refractivity contribution in [1.29, 1.82) is 0 Å². The van der Waals surface area contributed by atoms with E-state index in [9.17, 15) is 10.2 Å². The van der Waals surface area contributed by atoms with E-state index in [0.29, 0.717) is 0 Å². The summed E-state index contributed by atoms with van der Waals surface area (Å²) in [5.41, 5.74) is 0. The zero-order chi connectivity index (χ0) is 13.4. The van der Waals surface area contributed by atoms with Crippen LogP contribution in [-0.4, -0.2) is 46.0 Å². The number of benzene rings is 1. The van der Waals surface area contributed by atoms with Crippen molar-refractivity contribution < 1.29 is 19.7 Å². The Morgan fingerprint density at radius 3 is 2.47 bits per heavy atom. The number of ether oxygens (including phenoxy) is 2. The first-order chi connectivity index (χ1) is 9.19. The highest BCUT2D eigenvalue weighted by atomic mass is 32.2. The predicted octanol–water partition coefficient (Wildman–Crippen LogP) is 1.38. The molecule has 0 aromatic heterocycles. The fourth-order valence-electron chi connectivity index (χ4n) is 2.14. The summed E-state index contributed by atoms with van der Waals surface area (Å²) in [4.78, 5) is 2.33. The van der Waals surface area contributed by atoms with Crippen molar-refractivity contribution in [3.8, 4) is 0 Å². The summed E-state index contributed by atoms with van der Waals surface area (Å²) in [7, 11) is 0. The Labute approximate surface area is 120 Å². The number of hydrogen-bond acceptors (Lipinski definition) is 6. The van der Waals surface area contributed by atoms with E-state index in [1.54, 1.807) is 23.5 Å². The van der Waals surface area contributed by atoms with Crippen molar-refractivity contribution in [2.24, 2.45) is 0 Å². The third kappa shape index (κ3) is 2.66. The second-order valence-corrected chi connectivity index (χ2v) is 6.89. The van der Waals surface area contributed by atoms with Gasteiger partial charge in [-0.25, -0.2) is 0 Å². The van der Waals surface area contributed by atoms with Gasteiger partial charge in [0, 0.05) is 9.79 Å².